The summed E-state index contributed by atoms with van der Waals surface area (Å²) in [7, 11) is 0. The first kappa shape index (κ1) is 23.0. The smallest absolute Gasteiger partial charge is 0.321 e. The minimum absolute atomic E-state index is 0.0101. The molecule has 4 unspecified atom stereocenters. The summed E-state index contributed by atoms with van der Waals surface area (Å²) in [6.07, 6.45) is 0.140. The van der Waals surface area contributed by atoms with Crippen LogP contribution < -0.4 is 10.6 Å². The number of fused-ring (bicyclic) bond motifs is 2. The molecule has 0 aromatic heterocycles. The number of benzene rings is 2. The number of amides is 1. The Morgan fingerprint density at radius 1 is 1.25 bits per heavy atom. The van der Waals surface area contributed by atoms with Gasteiger partial charge in [-0.2, -0.15) is 0 Å². The van der Waals surface area contributed by atoms with Crippen molar-refractivity contribution < 1.29 is 23.5 Å². The number of rotatable bonds is 5. The van der Waals surface area contributed by atoms with Gasteiger partial charge in [0.2, 0.25) is 5.91 Å². The summed E-state index contributed by atoms with van der Waals surface area (Å²) in [5.41, 5.74) is -1.44. The van der Waals surface area contributed by atoms with E-state index in [1.54, 1.807) is 32.0 Å². The lowest BCUT2D eigenvalue weighted by Crippen LogP contribution is -2.50. The first-order valence-electron chi connectivity index (χ1n) is 10.1. The van der Waals surface area contributed by atoms with E-state index in [9.17, 15) is 19.1 Å². The van der Waals surface area contributed by atoms with Gasteiger partial charge in [-0.15, -0.1) is 0 Å². The van der Waals surface area contributed by atoms with Crippen LogP contribution in [0.4, 0.5) is 14.5 Å². The molecule has 5 nitrogen and oxygen atoms in total. The zero-order valence-corrected chi connectivity index (χ0v) is 18.9. The largest absolute Gasteiger partial charge is 0.480 e. The Morgan fingerprint density at radius 2 is 1.97 bits per heavy atom. The van der Waals surface area contributed by atoms with E-state index in [0.29, 0.717) is 16.3 Å². The maximum Gasteiger partial charge on any atom is 0.321 e. The van der Waals surface area contributed by atoms with Gasteiger partial charge < -0.3 is 10.4 Å². The number of hydrogen-bond donors (Lipinski definition) is 3. The minimum atomic E-state index is -1.51. The molecule has 0 bridgehead atoms. The summed E-state index contributed by atoms with van der Waals surface area (Å²) in [4.78, 5) is 26.0. The number of carbonyl (C=O) groups excluding carboxylic acids is 1. The van der Waals surface area contributed by atoms with Crippen molar-refractivity contribution in [2.75, 3.05) is 12.0 Å². The maximum atomic E-state index is 15.3. The van der Waals surface area contributed by atoms with Gasteiger partial charge >= 0.3 is 5.97 Å². The molecule has 0 radical (unpaired) electrons. The summed E-state index contributed by atoms with van der Waals surface area (Å²) in [5.74, 6) is -3.66. The summed E-state index contributed by atoms with van der Waals surface area (Å²) >= 11 is 12.1. The zero-order valence-electron chi connectivity index (χ0n) is 17.4. The van der Waals surface area contributed by atoms with Gasteiger partial charge in [0, 0.05) is 22.7 Å². The molecule has 4 atom stereocenters. The molecular weight excluding hydrogens is 461 g/mol. The van der Waals surface area contributed by atoms with Crippen LogP contribution in [0.3, 0.4) is 0 Å². The lowest BCUT2D eigenvalue weighted by Gasteiger charge is -2.37. The third kappa shape index (κ3) is 3.38. The summed E-state index contributed by atoms with van der Waals surface area (Å²) in [6, 6.07) is 7.02. The first-order valence-corrected chi connectivity index (χ1v) is 10.9. The highest BCUT2D eigenvalue weighted by Gasteiger charge is 2.66. The summed E-state index contributed by atoms with van der Waals surface area (Å²) in [5, 5.41) is 16.1. The molecule has 2 aromatic carbocycles. The molecular formula is C23H22Cl2F2N2O3. The van der Waals surface area contributed by atoms with Crippen LogP contribution in [-0.4, -0.2) is 35.7 Å². The highest BCUT2D eigenvalue weighted by atomic mass is 35.5. The van der Waals surface area contributed by atoms with Crippen LogP contribution in [0.15, 0.2) is 36.4 Å². The second-order valence-corrected chi connectivity index (χ2v) is 10.0. The number of hydrogen-bond acceptors (Lipinski definition) is 3. The van der Waals surface area contributed by atoms with Gasteiger partial charge in [-0.05, 0) is 41.2 Å². The Balaban J connectivity index is 2.03. The number of nitrogens with one attached hydrogen (secondary N) is 2. The molecule has 0 aliphatic carbocycles. The fourth-order valence-corrected chi connectivity index (χ4v) is 5.49. The number of carboxylic acid groups (broad SMARTS) is 1. The van der Waals surface area contributed by atoms with Crippen LogP contribution in [0, 0.1) is 11.2 Å². The summed E-state index contributed by atoms with van der Waals surface area (Å²) < 4.78 is 29.1. The van der Waals surface area contributed by atoms with E-state index in [2.05, 4.69) is 10.6 Å². The Labute approximate surface area is 194 Å². The molecule has 0 saturated carbocycles. The van der Waals surface area contributed by atoms with Gasteiger partial charge in [-0.25, -0.2) is 4.39 Å². The highest BCUT2D eigenvalue weighted by Crippen LogP contribution is 2.57. The van der Waals surface area contributed by atoms with Crippen molar-refractivity contribution in [1.82, 2.24) is 5.32 Å². The zero-order chi connectivity index (χ0) is 23.4. The number of anilines is 1. The first-order chi connectivity index (χ1) is 15.0. The van der Waals surface area contributed by atoms with E-state index in [-0.39, 0.29) is 17.0 Å². The minimum Gasteiger partial charge on any atom is -0.480 e. The van der Waals surface area contributed by atoms with Crippen molar-refractivity contribution in [2.24, 2.45) is 5.41 Å². The predicted octanol–water partition coefficient (Wildman–Crippen LogP) is 4.92. The van der Waals surface area contributed by atoms with Crippen LogP contribution >= 0.6 is 23.2 Å². The monoisotopic (exact) mass is 482 g/mol. The van der Waals surface area contributed by atoms with Crippen LogP contribution in [0.5, 0.6) is 0 Å². The molecule has 1 saturated heterocycles. The van der Waals surface area contributed by atoms with E-state index in [1.165, 1.54) is 18.2 Å². The van der Waals surface area contributed by atoms with Crippen molar-refractivity contribution in [3.05, 3.63) is 63.4 Å². The number of halogens is 4. The molecule has 32 heavy (non-hydrogen) atoms. The van der Waals surface area contributed by atoms with E-state index in [1.807, 2.05) is 0 Å². The summed E-state index contributed by atoms with van der Waals surface area (Å²) in [6.45, 7) is 2.71. The van der Waals surface area contributed by atoms with E-state index < -0.39 is 53.2 Å². The van der Waals surface area contributed by atoms with E-state index in [0.717, 1.165) is 0 Å². The molecule has 2 aliphatic heterocycles. The predicted molar refractivity (Wildman–Crippen MR) is 119 cm³/mol. The van der Waals surface area contributed by atoms with Crippen LogP contribution in [0.1, 0.15) is 37.3 Å². The average Bonchev–Trinajstić information content (AvgIpc) is 3.20. The van der Waals surface area contributed by atoms with Crippen molar-refractivity contribution in [1.29, 1.82) is 0 Å². The third-order valence-corrected chi connectivity index (χ3v) is 7.03. The fraction of sp³-hybridized carbons (Fsp3) is 0.391. The van der Waals surface area contributed by atoms with Crippen LogP contribution in [-0.2, 0) is 15.0 Å². The van der Waals surface area contributed by atoms with Crippen LogP contribution in [0.25, 0.3) is 0 Å². The molecule has 9 heteroatoms. The second kappa shape index (κ2) is 7.97. The lowest BCUT2D eigenvalue weighted by atomic mass is 9.62. The number of alkyl halides is 1. The molecule has 2 aliphatic rings. The number of carbonyl (C=O) groups is 2. The molecule has 4 rings (SSSR count). The van der Waals surface area contributed by atoms with Crippen LogP contribution in [0.2, 0.25) is 10.0 Å². The Kier molecular flexibility index (Phi) is 5.72. The number of aliphatic carboxylic acids is 1. The average molecular weight is 483 g/mol. The quantitative estimate of drug-likeness (QED) is 0.565. The highest BCUT2D eigenvalue weighted by molar-refractivity contribution is 6.31. The van der Waals surface area contributed by atoms with Gasteiger partial charge in [0.15, 0.2) is 0 Å². The second-order valence-electron chi connectivity index (χ2n) is 9.17. The van der Waals surface area contributed by atoms with Gasteiger partial charge in [0.05, 0.1) is 11.7 Å². The lowest BCUT2D eigenvalue weighted by molar-refractivity contribution is -0.139. The number of carboxylic acids is 1. The van der Waals surface area contributed by atoms with Crippen molar-refractivity contribution in [2.45, 2.75) is 43.7 Å². The molecule has 1 spiro atoms. The maximum absolute atomic E-state index is 15.3. The van der Waals surface area contributed by atoms with Crippen molar-refractivity contribution in [3.63, 3.8) is 0 Å². The van der Waals surface area contributed by atoms with Crippen molar-refractivity contribution >= 4 is 40.8 Å². The van der Waals surface area contributed by atoms with E-state index >= 15 is 4.39 Å². The molecule has 2 aromatic rings. The molecule has 2 heterocycles. The standard InChI is InChI=1S/C23H22Cl2F2N2O3/c1-22(2,10-26)9-16-23(13-7-6-11(24)8-15(13)28-21(23)32)17(19(29-16)20(30)31)12-4-3-5-14(25)18(12)27/h3-8,16-17,19,29H,9-10H2,1-2H3,(H,28,32)(H,30,31). The Bertz CT molecular complexity index is 1110. The van der Waals surface area contributed by atoms with Crippen molar-refractivity contribution in [3.8, 4) is 0 Å². The van der Waals surface area contributed by atoms with Gasteiger partial charge in [0.1, 0.15) is 17.3 Å². The molecule has 1 amide bonds. The molecule has 1 fully saturated rings. The topological polar surface area (TPSA) is 78.4 Å². The van der Waals surface area contributed by atoms with E-state index in [4.69, 9.17) is 23.2 Å². The fourth-order valence-electron chi connectivity index (χ4n) is 5.13. The normalized spacial score (nSPS) is 26.9. The third-order valence-electron chi connectivity index (χ3n) is 6.51. The Hall–Kier alpha value is -2.22. The molecule has 3 N–H and O–H groups in total. The SMILES string of the molecule is CC(C)(CF)CC1NC(C(=O)O)C(c2cccc(Cl)c2F)C12C(=O)Nc1cc(Cl)ccc12. The van der Waals surface area contributed by atoms with Gasteiger partial charge in [0.25, 0.3) is 0 Å². The van der Waals surface area contributed by atoms with Gasteiger partial charge in [-0.3, -0.25) is 19.3 Å². The molecule has 170 valence electrons. The Morgan fingerprint density at radius 3 is 2.62 bits per heavy atom. The van der Waals surface area contributed by atoms with Gasteiger partial charge in [-0.1, -0.05) is 55.2 Å².